The average Bonchev–Trinajstić information content (AvgIpc) is 2.44. The lowest BCUT2D eigenvalue weighted by molar-refractivity contribution is -0.130. The summed E-state index contributed by atoms with van der Waals surface area (Å²) in [5.41, 5.74) is 5.79. The minimum absolute atomic E-state index is 0.0733. The SMILES string of the molecule is C=C(Br)C[C@H](NC(=O)[C@@H](Cc1cccc(F)c1)NC(C)=O)C(N)=O. The third-order valence-electron chi connectivity index (χ3n) is 3.11. The molecule has 0 saturated heterocycles. The van der Waals surface area contributed by atoms with Crippen molar-refractivity contribution in [2.45, 2.75) is 31.8 Å². The van der Waals surface area contributed by atoms with Gasteiger partial charge in [0.05, 0.1) is 0 Å². The van der Waals surface area contributed by atoms with E-state index < -0.39 is 35.6 Å². The molecule has 1 rings (SSSR count). The first kappa shape index (κ1) is 19.8. The van der Waals surface area contributed by atoms with Gasteiger partial charge in [0.1, 0.15) is 17.9 Å². The zero-order valence-corrected chi connectivity index (χ0v) is 14.7. The molecule has 0 radical (unpaired) electrons. The first-order valence-electron chi connectivity index (χ1n) is 7.13. The van der Waals surface area contributed by atoms with Crippen molar-refractivity contribution in [1.29, 1.82) is 0 Å². The highest BCUT2D eigenvalue weighted by atomic mass is 79.9. The Balaban J connectivity index is 2.89. The van der Waals surface area contributed by atoms with Crippen molar-refractivity contribution in [2.24, 2.45) is 5.73 Å². The van der Waals surface area contributed by atoms with E-state index in [1.807, 2.05) is 0 Å². The van der Waals surface area contributed by atoms with Gasteiger partial charge in [0.25, 0.3) is 0 Å². The van der Waals surface area contributed by atoms with Gasteiger partial charge < -0.3 is 16.4 Å². The molecule has 130 valence electrons. The molecule has 3 amide bonds. The summed E-state index contributed by atoms with van der Waals surface area (Å²) < 4.78 is 13.8. The first-order valence-corrected chi connectivity index (χ1v) is 7.93. The molecule has 0 aliphatic rings. The summed E-state index contributed by atoms with van der Waals surface area (Å²) in [6.45, 7) is 4.86. The van der Waals surface area contributed by atoms with Crippen LogP contribution in [0.3, 0.4) is 0 Å². The Bertz CT molecular complexity index is 651. The summed E-state index contributed by atoms with van der Waals surface area (Å²) in [6, 6.07) is 3.77. The lowest BCUT2D eigenvalue weighted by atomic mass is 10.0. The van der Waals surface area contributed by atoms with Gasteiger partial charge in [0.15, 0.2) is 0 Å². The Morgan fingerprint density at radius 1 is 1.29 bits per heavy atom. The van der Waals surface area contributed by atoms with Crippen molar-refractivity contribution >= 4 is 33.7 Å². The van der Waals surface area contributed by atoms with Gasteiger partial charge in [-0.1, -0.05) is 34.6 Å². The summed E-state index contributed by atoms with van der Waals surface area (Å²) >= 11 is 3.11. The molecule has 1 aromatic carbocycles. The summed E-state index contributed by atoms with van der Waals surface area (Å²) in [5, 5.41) is 4.96. The lowest BCUT2D eigenvalue weighted by Crippen LogP contribution is -2.53. The van der Waals surface area contributed by atoms with Crippen molar-refractivity contribution < 1.29 is 18.8 Å². The number of halogens is 2. The molecule has 8 heteroatoms. The largest absolute Gasteiger partial charge is 0.368 e. The highest BCUT2D eigenvalue weighted by Gasteiger charge is 2.25. The van der Waals surface area contributed by atoms with E-state index in [1.165, 1.54) is 25.1 Å². The van der Waals surface area contributed by atoms with Crippen LogP contribution < -0.4 is 16.4 Å². The maximum atomic E-state index is 13.3. The number of rotatable bonds is 8. The number of nitrogens with one attached hydrogen (secondary N) is 2. The summed E-state index contributed by atoms with van der Waals surface area (Å²) in [4.78, 5) is 35.2. The van der Waals surface area contributed by atoms with E-state index in [0.717, 1.165) is 0 Å². The predicted octanol–water partition coefficient (Wildman–Crippen LogP) is 1.14. The minimum atomic E-state index is -0.965. The molecule has 0 heterocycles. The number of hydrogen-bond acceptors (Lipinski definition) is 3. The Hall–Kier alpha value is -2.22. The summed E-state index contributed by atoms with van der Waals surface area (Å²) in [5.74, 6) is -2.18. The second-order valence-corrected chi connectivity index (χ2v) is 6.39. The van der Waals surface area contributed by atoms with Crippen LogP contribution in [0.15, 0.2) is 35.3 Å². The molecule has 0 aliphatic heterocycles. The average molecular weight is 400 g/mol. The Morgan fingerprint density at radius 2 is 1.96 bits per heavy atom. The molecule has 0 unspecified atom stereocenters. The van der Waals surface area contributed by atoms with Crippen molar-refractivity contribution in [3.05, 3.63) is 46.7 Å². The van der Waals surface area contributed by atoms with Crippen LogP contribution in [0.25, 0.3) is 0 Å². The van der Waals surface area contributed by atoms with Gasteiger partial charge >= 0.3 is 0 Å². The molecule has 1 aromatic rings. The zero-order chi connectivity index (χ0) is 18.3. The lowest BCUT2D eigenvalue weighted by Gasteiger charge is -2.21. The third-order valence-corrected chi connectivity index (χ3v) is 3.43. The molecular formula is C16H19BrFN3O3. The van der Waals surface area contributed by atoms with E-state index >= 15 is 0 Å². The molecule has 24 heavy (non-hydrogen) atoms. The zero-order valence-electron chi connectivity index (χ0n) is 13.1. The van der Waals surface area contributed by atoms with Gasteiger partial charge in [-0.3, -0.25) is 14.4 Å². The number of nitrogens with two attached hydrogens (primary N) is 1. The fourth-order valence-electron chi connectivity index (χ4n) is 2.07. The molecular weight excluding hydrogens is 381 g/mol. The smallest absolute Gasteiger partial charge is 0.243 e. The van der Waals surface area contributed by atoms with E-state index in [-0.39, 0.29) is 12.8 Å². The van der Waals surface area contributed by atoms with E-state index in [1.54, 1.807) is 6.07 Å². The fraction of sp³-hybridized carbons (Fsp3) is 0.312. The Kier molecular flexibility index (Phi) is 7.57. The van der Waals surface area contributed by atoms with Crippen LogP contribution in [-0.2, 0) is 20.8 Å². The standard InChI is InChI=1S/C16H19BrFN3O3/c1-9(17)6-13(15(19)23)21-16(24)14(20-10(2)22)8-11-4-3-5-12(18)7-11/h3-5,7,13-14H,1,6,8H2,2H3,(H2,19,23)(H,20,22)(H,21,24)/t13-,14+/m0/s1. The number of carbonyl (C=O) groups is 3. The van der Waals surface area contributed by atoms with E-state index in [2.05, 4.69) is 33.1 Å². The number of carbonyl (C=O) groups excluding carboxylic acids is 3. The number of benzene rings is 1. The van der Waals surface area contributed by atoms with Gasteiger partial charge in [-0.2, -0.15) is 0 Å². The number of primary amides is 1. The topological polar surface area (TPSA) is 101 Å². The van der Waals surface area contributed by atoms with Gasteiger partial charge in [0.2, 0.25) is 17.7 Å². The van der Waals surface area contributed by atoms with Crippen molar-refractivity contribution in [3.63, 3.8) is 0 Å². The molecule has 0 bridgehead atoms. The first-order chi connectivity index (χ1) is 11.2. The molecule has 0 aliphatic carbocycles. The van der Waals surface area contributed by atoms with Crippen LogP contribution in [0.2, 0.25) is 0 Å². The molecule has 2 atom stereocenters. The Labute approximate surface area is 147 Å². The quantitative estimate of drug-likeness (QED) is 0.610. The Morgan fingerprint density at radius 3 is 2.46 bits per heavy atom. The van der Waals surface area contributed by atoms with Gasteiger partial charge in [-0.25, -0.2) is 4.39 Å². The second-order valence-electron chi connectivity index (χ2n) is 5.27. The fourth-order valence-corrected chi connectivity index (χ4v) is 2.39. The normalized spacial score (nSPS) is 12.8. The van der Waals surface area contributed by atoms with Gasteiger partial charge in [-0.05, 0) is 22.2 Å². The molecule has 0 aromatic heterocycles. The maximum absolute atomic E-state index is 13.3. The molecule has 0 spiro atoms. The second kappa shape index (κ2) is 9.17. The van der Waals surface area contributed by atoms with Crippen LogP contribution in [-0.4, -0.2) is 29.8 Å². The highest BCUT2D eigenvalue weighted by Crippen LogP contribution is 2.11. The molecule has 0 fully saturated rings. The van der Waals surface area contributed by atoms with Crippen LogP contribution in [0.1, 0.15) is 18.9 Å². The van der Waals surface area contributed by atoms with Gasteiger partial charge in [0, 0.05) is 19.8 Å². The van der Waals surface area contributed by atoms with E-state index in [0.29, 0.717) is 10.0 Å². The molecule has 0 saturated carbocycles. The number of hydrogen-bond donors (Lipinski definition) is 3. The third kappa shape index (κ3) is 6.91. The van der Waals surface area contributed by atoms with Crippen LogP contribution in [0, 0.1) is 5.82 Å². The summed E-state index contributed by atoms with van der Waals surface area (Å²) in [7, 11) is 0. The molecule has 4 N–H and O–H groups in total. The maximum Gasteiger partial charge on any atom is 0.243 e. The van der Waals surface area contributed by atoms with E-state index in [9.17, 15) is 18.8 Å². The molecule has 6 nitrogen and oxygen atoms in total. The highest BCUT2D eigenvalue weighted by molar-refractivity contribution is 9.11. The number of amides is 3. The van der Waals surface area contributed by atoms with Gasteiger partial charge in [-0.15, -0.1) is 0 Å². The van der Waals surface area contributed by atoms with Crippen molar-refractivity contribution in [1.82, 2.24) is 10.6 Å². The van der Waals surface area contributed by atoms with Crippen molar-refractivity contribution in [3.8, 4) is 0 Å². The summed E-state index contributed by atoms with van der Waals surface area (Å²) in [6.07, 6.45) is 0.192. The predicted molar refractivity (Wildman–Crippen MR) is 91.5 cm³/mol. The minimum Gasteiger partial charge on any atom is -0.368 e. The van der Waals surface area contributed by atoms with E-state index in [4.69, 9.17) is 5.73 Å². The van der Waals surface area contributed by atoms with Crippen LogP contribution >= 0.6 is 15.9 Å². The monoisotopic (exact) mass is 399 g/mol. The van der Waals surface area contributed by atoms with Crippen LogP contribution in [0.5, 0.6) is 0 Å². The van der Waals surface area contributed by atoms with Crippen LogP contribution in [0.4, 0.5) is 4.39 Å². The van der Waals surface area contributed by atoms with Crippen molar-refractivity contribution in [2.75, 3.05) is 0 Å².